The van der Waals surface area contributed by atoms with E-state index in [1.54, 1.807) is 4.68 Å². The van der Waals surface area contributed by atoms with Crippen molar-refractivity contribution in [3.63, 3.8) is 0 Å². The first kappa shape index (κ1) is 18.6. The molecule has 3 aromatic rings. The number of rotatable bonds is 4. The summed E-state index contributed by atoms with van der Waals surface area (Å²) in [6.07, 6.45) is 0.717. The molecule has 1 aromatic carbocycles. The van der Waals surface area contributed by atoms with Gasteiger partial charge in [-0.2, -0.15) is 5.10 Å². The van der Waals surface area contributed by atoms with E-state index >= 15 is 0 Å². The first-order chi connectivity index (χ1) is 13.4. The molecule has 3 heterocycles. The van der Waals surface area contributed by atoms with E-state index in [1.807, 2.05) is 62.1 Å². The average Bonchev–Trinajstić information content (AvgIpc) is 3.20. The van der Waals surface area contributed by atoms with Crippen molar-refractivity contribution < 1.29 is 4.79 Å². The highest BCUT2D eigenvalue weighted by Crippen LogP contribution is 2.27. The number of aryl methyl sites for hydroxylation is 3. The lowest BCUT2D eigenvalue weighted by Gasteiger charge is -2.18. The molecule has 0 saturated carbocycles. The number of anilines is 2. The van der Waals surface area contributed by atoms with Gasteiger partial charge >= 0.3 is 0 Å². The summed E-state index contributed by atoms with van der Waals surface area (Å²) in [6, 6.07) is 11.3. The number of nitrogens with one attached hydrogen (secondary N) is 1. The van der Waals surface area contributed by atoms with Gasteiger partial charge in [0.1, 0.15) is 11.9 Å². The summed E-state index contributed by atoms with van der Waals surface area (Å²) >= 11 is 3.50. The molecule has 1 aliphatic heterocycles. The Balaban J connectivity index is 1.47. The lowest BCUT2D eigenvalue weighted by Crippen LogP contribution is -2.33. The summed E-state index contributed by atoms with van der Waals surface area (Å²) in [5, 5.41) is 16.1. The van der Waals surface area contributed by atoms with Gasteiger partial charge in [-0.15, -0.1) is 10.2 Å². The number of carbonyl (C=O) groups excluding carboxylic acids is 1. The van der Waals surface area contributed by atoms with Gasteiger partial charge in [0.2, 0.25) is 5.91 Å². The quantitative estimate of drug-likeness (QED) is 0.670. The zero-order valence-corrected chi connectivity index (χ0v) is 17.6. The van der Waals surface area contributed by atoms with Crippen molar-refractivity contribution >= 4 is 33.3 Å². The molecular formula is C20H21BrN6O. The molecule has 0 radical (unpaired) electrons. The zero-order valence-electron chi connectivity index (χ0n) is 16.0. The van der Waals surface area contributed by atoms with E-state index in [-0.39, 0.29) is 11.9 Å². The van der Waals surface area contributed by atoms with Crippen LogP contribution in [0.2, 0.25) is 0 Å². The molecule has 1 aliphatic rings. The molecule has 0 bridgehead atoms. The first-order valence-electron chi connectivity index (χ1n) is 9.14. The Kier molecular flexibility index (Phi) is 4.89. The SMILES string of the molecule is Cc1cc(C)n(-c2ccc(NC3CCN(c4ccc(Br)c(C)c4)C3=O)nn2)n1. The van der Waals surface area contributed by atoms with Crippen molar-refractivity contribution in [1.82, 2.24) is 20.0 Å². The Morgan fingerprint density at radius 1 is 1.11 bits per heavy atom. The van der Waals surface area contributed by atoms with E-state index < -0.39 is 0 Å². The van der Waals surface area contributed by atoms with Crippen LogP contribution in [0.25, 0.3) is 5.82 Å². The van der Waals surface area contributed by atoms with Crippen molar-refractivity contribution in [2.45, 2.75) is 33.2 Å². The van der Waals surface area contributed by atoms with Crippen LogP contribution in [0.3, 0.4) is 0 Å². The maximum atomic E-state index is 12.8. The maximum absolute atomic E-state index is 12.8. The zero-order chi connectivity index (χ0) is 19.8. The predicted octanol–water partition coefficient (Wildman–Crippen LogP) is 3.57. The van der Waals surface area contributed by atoms with Crippen LogP contribution >= 0.6 is 15.9 Å². The summed E-state index contributed by atoms with van der Waals surface area (Å²) in [7, 11) is 0. The fourth-order valence-corrected chi connectivity index (χ4v) is 3.67. The van der Waals surface area contributed by atoms with Gasteiger partial charge in [-0.1, -0.05) is 15.9 Å². The standard InChI is InChI=1S/C20H21BrN6O/c1-12-10-15(4-5-16(12)21)26-9-8-17(20(26)28)22-18-6-7-19(24-23-18)27-14(3)11-13(2)25-27/h4-7,10-11,17H,8-9H2,1-3H3,(H,22,23). The Hall–Kier alpha value is -2.74. The molecule has 1 fully saturated rings. The van der Waals surface area contributed by atoms with Gasteiger partial charge in [-0.3, -0.25) is 4.79 Å². The molecule has 144 valence electrons. The smallest absolute Gasteiger partial charge is 0.249 e. The van der Waals surface area contributed by atoms with Gasteiger partial charge in [0.05, 0.1) is 5.69 Å². The molecule has 4 rings (SSSR count). The van der Waals surface area contributed by atoms with E-state index in [1.165, 1.54) is 0 Å². The highest BCUT2D eigenvalue weighted by Gasteiger charge is 2.33. The molecule has 8 heteroatoms. The van der Waals surface area contributed by atoms with Crippen molar-refractivity contribution in [3.8, 4) is 5.82 Å². The fraction of sp³-hybridized carbons (Fsp3) is 0.300. The minimum Gasteiger partial charge on any atom is -0.357 e. The Bertz CT molecular complexity index is 1030. The van der Waals surface area contributed by atoms with Gasteiger partial charge in [0.25, 0.3) is 0 Å². The summed E-state index contributed by atoms with van der Waals surface area (Å²) in [4.78, 5) is 14.6. The van der Waals surface area contributed by atoms with Gasteiger partial charge in [0.15, 0.2) is 5.82 Å². The molecule has 1 amide bonds. The monoisotopic (exact) mass is 440 g/mol. The molecule has 28 heavy (non-hydrogen) atoms. The maximum Gasteiger partial charge on any atom is 0.249 e. The second-order valence-corrected chi connectivity index (χ2v) is 7.88. The number of amides is 1. The highest BCUT2D eigenvalue weighted by molar-refractivity contribution is 9.10. The summed E-state index contributed by atoms with van der Waals surface area (Å²) in [5.41, 5.74) is 3.95. The second kappa shape index (κ2) is 7.35. The number of halogens is 1. The van der Waals surface area contributed by atoms with Crippen LogP contribution in [0.4, 0.5) is 11.5 Å². The Morgan fingerprint density at radius 3 is 2.57 bits per heavy atom. The third-order valence-corrected chi connectivity index (χ3v) is 5.75. The van der Waals surface area contributed by atoms with Crippen LogP contribution < -0.4 is 10.2 Å². The summed E-state index contributed by atoms with van der Waals surface area (Å²) < 4.78 is 2.79. The first-order valence-corrected chi connectivity index (χ1v) is 9.93. The molecule has 0 aliphatic carbocycles. The van der Waals surface area contributed by atoms with Crippen molar-refractivity contribution in [1.29, 1.82) is 0 Å². The largest absolute Gasteiger partial charge is 0.357 e. The Morgan fingerprint density at radius 2 is 1.93 bits per heavy atom. The van der Waals surface area contributed by atoms with Gasteiger partial charge < -0.3 is 10.2 Å². The molecule has 1 atom stereocenters. The molecule has 7 nitrogen and oxygen atoms in total. The summed E-state index contributed by atoms with van der Waals surface area (Å²) in [5.74, 6) is 1.28. The van der Waals surface area contributed by atoms with Crippen LogP contribution in [0, 0.1) is 20.8 Å². The fourth-order valence-electron chi connectivity index (χ4n) is 3.42. The summed E-state index contributed by atoms with van der Waals surface area (Å²) in [6.45, 7) is 6.61. The van der Waals surface area contributed by atoms with Crippen LogP contribution in [0.1, 0.15) is 23.4 Å². The molecule has 1 saturated heterocycles. The highest BCUT2D eigenvalue weighted by atomic mass is 79.9. The lowest BCUT2D eigenvalue weighted by atomic mass is 10.2. The van der Waals surface area contributed by atoms with E-state index in [9.17, 15) is 4.79 Å². The average molecular weight is 441 g/mol. The molecular weight excluding hydrogens is 420 g/mol. The minimum atomic E-state index is -0.308. The number of benzene rings is 1. The van der Waals surface area contributed by atoms with E-state index in [4.69, 9.17) is 0 Å². The molecule has 2 aromatic heterocycles. The third kappa shape index (κ3) is 3.52. The van der Waals surface area contributed by atoms with Crippen LogP contribution in [0.5, 0.6) is 0 Å². The van der Waals surface area contributed by atoms with Crippen molar-refractivity contribution in [2.75, 3.05) is 16.8 Å². The number of carbonyl (C=O) groups is 1. The van der Waals surface area contributed by atoms with Gasteiger partial charge in [-0.05, 0) is 69.2 Å². The lowest BCUT2D eigenvalue weighted by molar-refractivity contribution is -0.117. The predicted molar refractivity (Wildman–Crippen MR) is 112 cm³/mol. The number of hydrogen-bond acceptors (Lipinski definition) is 5. The van der Waals surface area contributed by atoms with Crippen LogP contribution in [-0.2, 0) is 4.79 Å². The molecule has 1 unspecified atom stereocenters. The molecule has 0 spiro atoms. The normalized spacial score (nSPS) is 16.6. The Labute approximate surface area is 171 Å². The third-order valence-electron chi connectivity index (χ3n) is 4.86. The van der Waals surface area contributed by atoms with E-state index in [0.717, 1.165) is 33.5 Å². The topological polar surface area (TPSA) is 75.9 Å². The van der Waals surface area contributed by atoms with Crippen molar-refractivity contribution in [2.24, 2.45) is 0 Å². The number of hydrogen-bond donors (Lipinski definition) is 1. The number of nitrogens with zero attached hydrogens (tertiary/aromatic N) is 5. The number of aromatic nitrogens is 4. The van der Waals surface area contributed by atoms with Gasteiger partial charge in [0, 0.05) is 22.4 Å². The van der Waals surface area contributed by atoms with E-state index in [0.29, 0.717) is 18.2 Å². The van der Waals surface area contributed by atoms with Crippen molar-refractivity contribution in [3.05, 3.63) is 57.8 Å². The molecule has 1 N–H and O–H groups in total. The van der Waals surface area contributed by atoms with Gasteiger partial charge in [-0.25, -0.2) is 4.68 Å². The minimum absolute atomic E-state index is 0.0474. The van der Waals surface area contributed by atoms with E-state index in [2.05, 4.69) is 36.5 Å². The van der Waals surface area contributed by atoms with Crippen LogP contribution in [0.15, 0.2) is 40.9 Å². The van der Waals surface area contributed by atoms with Crippen LogP contribution in [-0.4, -0.2) is 38.5 Å². The second-order valence-electron chi connectivity index (χ2n) is 7.02.